The van der Waals surface area contributed by atoms with E-state index < -0.39 is 42.5 Å². The number of benzene rings is 1. The van der Waals surface area contributed by atoms with Crippen molar-refractivity contribution in [3.63, 3.8) is 0 Å². The van der Waals surface area contributed by atoms with E-state index >= 15 is 0 Å². The van der Waals surface area contributed by atoms with Crippen LogP contribution in [0.2, 0.25) is 0 Å². The van der Waals surface area contributed by atoms with Crippen LogP contribution in [0.3, 0.4) is 0 Å². The van der Waals surface area contributed by atoms with E-state index in [0.29, 0.717) is 17.9 Å². The summed E-state index contributed by atoms with van der Waals surface area (Å²) in [5.41, 5.74) is 0.447. The third-order valence-electron chi connectivity index (χ3n) is 5.78. The molecule has 0 aromatic heterocycles. The van der Waals surface area contributed by atoms with Crippen LogP contribution in [-0.4, -0.2) is 54.5 Å². The molecule has 1 aromatic rings. The Balaban J connectivity index is 1.55. The first kappa shape index (κ1) is 21.6. The molecule has 1 spiro atoms. The first-order chi connectivity index (χ1) is 14.3. The SMILES string of the molecule is COc1ccc(C)cc1NC(=O)COC(=O)CN1C(=O)NC2(CCCCC2C)C1=O. The highest BCUT2D eigenvalue weighted by Crippen LogP contribution is 2.38. The summed E-state index contributed by atoms with van der Waals surface area (Å²) in [6.45, 7) is 2.73. The number of esters is 1. The lowest BCUT2D eigenvalue weighted by atomic mass is 9.73. The second-order valence-corrected chi connectivity index (χ2v) is 7.85. The lowest BCUT2D eigenvalue weighted by Crippen LogP contribution is -2.54. The number of methoxy groups -OCH3 is 1. The Bertz CT molecular complexity index is 870. The highest BCUT2D eigenvalue weighted by molar-refractivity contribution is 6.09. The quantitative estimate of drug-likeness (QED) is 0.540. The molecular formula is C21H27N3O6. The number of urea groups is 1. The molecule has 0 bridgehead atoms. The Kier molecular flexibility index (Phi) is 6.28. The molecule has 1 heterocycles. The molecule has 2 fully saturated rings. The first-order valence-electron chi connectivity index (χ1n) is 10.0. The van der Waals surface area contributed by atoms with E-state index in [-0.39, 0.29) is 5.92 Å². The highest BCUT2D eigenvalue weighted by atomic mass is 16.5. The lowest BCUT2D eigenvalue weighted by molar-refractivity contribution is -0.150. The van der Waals surface area contributed by atoms with Gasteiger partial charge in [-0.1, -0.05) is 25.8 Å². The normalized spacial score (nSPS) is 23.3. The van der Waals surface area contributed by atoms with Crippen molar-refractivity contribution in [1.82, 2.24) is 10.2 Å². The van der Waals surface area contributed by atoms with E-state index in [9.17, 15) is 19.2 Å². The Morgan fingerprint density at radius 1 is 1.30 bits per heavy atom. The smallest absolute Gasteiger partial charge is 0.326 e. The maximum absolute atomic E-state index is 12.9. The minimum atomic E-state index is -0.936. The minimum absolute atomic E-state index is 0.00110. The van der Waals surface area contributed by atoms with Crippen LogP contribution in [0.5, 0.6) is 5.75 Å². The summed E-state index contributed by atoms with van der Waals surface area (Å²) in [4.78, 5) is 50.4. The summed E-state index contributed by atoms with van der Waals surface area (Å²) in [7, 11) is 1.48. The van der Waals surface area contributed by atoms with Gasteiger partial charge in [0, 0.05) is 0 Å². The van der Waals surface area contributed by atoms with Gasteiger partial charge in [-0.05, 0) is 43.4 Å². The number of ether oxygens (including phenoxy) is 2. The fraction of sp³-hybridized carbons (Fsp3) is 0.524. The van der Waals surface area contributed by atoms with Crippen molar-refractivity contribution in [2.45, 2.75) is 45.1 Å². The first-order valence-corrected chi connectivity index (χ1v) is 10.0. The summed E-state index contributed by atoms with van der Waals surface area (Å²) in [6, 6.07) is 4.69. The number of nitrogens with one attached hydrogen (secondary N) is 2. The zero-order valence-electron chi connectivity index (χ0n) is 17.4. The minimum Gasteiger partial charge on any atom is -0.495 e. The van der Waals surface area contributed by atoms with Gasteiger partial charge in [0.05, 0.1) is 12.8 Å². The lowest BCUT2D eigenvalue weighted by Gasteiger charge is -2.36. The Morgan fingerprint density at radius 2 is 2.07 bits per heavy atom. The number of nitrogens with zero attached hydrogens (tertiary/aromatic N) is 1. The van der Waals surface area contributed by atoms with Crippen LogP contribution in [0.25, 0.3) is 0 Å². The molecule has 4 amide bonds. The van der Waals surface area contributed by atoms with E-state index in [1.807, 2.05) is 19.9 Å². The second-order valence-electron chi connectivity index (χ2n) is 7.85. The van der Waals surface area contributed by atoms with Crippen LogP contribution < -0.4 is 15.4 Å². The van der Waals surface area contributed by atoms with Crippen molar-refractivity contribution >= 4 is 29.5 Å². The van der Waals surface area contributed by atoms with E-state index in [1.54, 1.807) is 12.1 Å². The largest absolute Gasteiger partial charge is 0.495 e. The van der Waals surface area contributed by atoms with Gasteiger partial charge in [0.1, 0.15) is 17.8 Å². The molecule has 2 aliphatic rings. The molecule has 9 nitrogen and oxygen atoms in total. The molecule has 0 radical (unpaired) electrons. The summed E-state index contributed by atoms with van der Waals surface area (Å²) in [5, 5.41) is 5.40. The van der Waals surface area contributed by atoms with Crippen molar-refractivity contribution < 1.29 is 28.7 Å². The number of imide groups is 1. The van der Waals surface area contributed by atoms with Gasteiger partial charge in [0.25, 0.3) is 11.8 Å². The van der Waals surface area contributed by atoms with Crippen molar-refractivity contribution in [3.05, 3.63) is 23.8 Å². The monoisotopic (exact) mass is 417 g/mol. The number of hydrogen-bond donors (Lipinski definition) is 2. The fourth-order valence-corrected chi connectivity index (χ4v) is 4.07. The number of rotatable bonds is 6. The summed E-state index contributed by atoms with van der Waals surface area (Å²) >= 11 is 0. The van der Waals surface area contributed by atoms with Gasteiger partial charge >= 0.3 is 12.0 Å². The van der Waals surface area contributed by atoms with Gasteiger partial charge in [-0.2, -0.15) is 0 Å². The number of anilines is 1. The molecule has 1 aliphatic carbocycles. The zero-order valence-corrected chi connectivity index (χ0v) is 17.4. The summed E-state index contributed by atoms with van der Waals surface area (Å²) in [6.07, 6.45) is 3.25. The van der Waals surface area contributed by atoms with Gasteiger partial charge in [0.15, 0.2) is 6.61 Å². The van der Waals surface area contributed by atoms with Gasteiger partial charge < -0.3 is 20.1 Å². The molecule has 2 atom stereocenters. The maximum Gasteiger partial charge on any atom is 0.326 e. The number of carbonyl (C=O) groups excluding carboxylic acids is 4. The van der Waals surface area contributed by atoms with Crippen LogP contribution >= 0.6 is 0 Å². The third-order valence-corrected chi connectivity index (χ3v) is 5.78. The Morgan fingerprint density at radius 3 is 2.77 bits per heavy atom. The van der Waals surface area contributed by atoms with Gasteiger partial charge in [-0.3, -0.25) is 19.3 Å². The predicted octanol–water partition coefficient (Wildman–Crippen LogP) is 1.99. The van der Waals surface area contributed by atoms with Crippen LogP contribution in [0.1, 0.15) is 38.2 Å². The zero-order chi connectivity index (χ0) is 21.9. The van der Waals surface area contributed by atoms with E-state index in [0.717, 1.165) is 29.7 Å². The molecule has 2 unspecified atom stereocenters. The summed E-state index contributed by atoms with van der Waals surface area (Å²) < 4.78 is 10.2. The molecule has 162 valence electrons. The molecule has 1 saturated carbocycles. The van der Waals surface area contributed by atoms with Crippen molar-refractivity contribution in [1.29, 1.82) is 0 Å². The van der Waals surface area contributed by atoms with E-state index in [1.165, 1.54) is 7.11 Å². The molecule has 2 N–H and O–H groups in total. The predicted molar refractivity (Wildman–Crippen MR) is 108 cm³/mol. The highest BCUT2D eigenvalue weighted by Gasteiger charge is 2.55. The average Bonchev–Trinajstić information content (AvgIpc) is 2.94. The van der Waals surface area contributed by atoms with Crippen molar-refractivity contribution in [2.75, 3.05) is 25.6 Å². The summed E-state index contributed by atoms with van der Waals surface area (Å²) in [5.74, 6) is -1.30. The van der Waals surface area contributed by atoms with Crippen molar-refractivity contribution in [2.24, 2.45) is 5.92 Å². The molecule has 30 heavy (non-hydrogen) atoms. The topological polar surface area (TPSA) is 114 Å². The fourth-order valence-electron chi connectivity index (χ4n) is 4.07. The average molecular weight is 417 g/mol. The Hall–Kier alpha value is -3.10. The third kappa shape index (κ3) is 4.24. The standard InChI is InChI=1S/C21H27N3O6/c1-13-7-8-16(29-3)15(10-13)22-17(25)12-30-18(26)11-24-19(27)21(23-20(24)28)9-5-4-6-14(21)2/h7-8,10,14H,4-6,9,11-12H2,1-3H3,(H,22,25)(H,23,28). The molecule has 9 heteroatoms. The molecular weight excluding hydrogens is 390 g/mol. The Labute approximate surface area is 175 Å². The molecule has 1 aromatic carbocycles. The van der Waals surface area contributed by atoms with Crippen LogP contribution in [0.4, 0.5) is 10.5 Å². The van der Waals surface area contributed by atoms with Crippen LogP contribution in [0.15, 0.2) is 18.2 Å². The number of amides is 4. The van der Waals surface area contributed by atoms with Crippen LogP contribution in [0, 0.1) is 12.8 Å². The van der Waals surface area contributed by atoms with Crippen molar-refractivity contribution in [3.8, 4) is 5.75 Å². The number of hydrogen-bond acceptors (Lipinski definition) is 6. The van der Waals surface area contributed by atoms with E-state index in [2.05, 4.69) is 10.6 Å². The maximum atomic E-state index is 12.9. The number of aryl methyl sites for hydroxylation is 1. The molecule has 1 aliphatic heterocycles. The van der Waals surface area contributed by atoms with Gasteiger partial charge in [0.2, 0.25) is 0 Å². The van der Waals surface area contributed by atoms with E-state index in [4.69, 9.17) is 9.47 Å². The second kappa shape index (κ2) is 8.73. The van der Waals surface area contributed by atoms with Gasteiger partial charge in [-0.15, -0.1) is 0 Å². The van der Waals surface area contributed by atoms with Gasteiger partial charge in [-0.25, -0.2) is 4.79 Å². The van der Waals surface area contributed by atoms with Crippen LogP contribution in [-0.2, 0) is 19.1 Å². The molecule has 1 saturated heterocycles. The number of carbonyl (C=O) groups is 4. The molecule has 3 rings (SSSR count).